The number of amides is 1. The van der Waals surface area contributed by atoms with Crippen molar-refractivity contribution >= 4 is 50.6 Å². The summed E-state index contributed by atoms with van der Waals surface area (Å²) in [6, 6.07) is 19.2. The quantitative estimate of drug-likeness (QED) is 0.195. The summed E-state index contributed by atoms with van der Waals surface area (Å²) >= 11 is 5.73. The van der Waals surface area contributed by atoms with Gasteiger partial charge >= 0.3 is 0 Å². The third kappa shape index (κ3) is 6.80. The number of rotatable bonds is 8. The van der Waals surface area contributed by atoms with Crippen molar-refractivity contribution in [1.29, 1.82) is 0 Å². The van der Waals surface area contributed by atoms with E-state index in [4.69, 9.17) is 9.47 Å². The van der Waals surface area contributed by atoms with Gasteiger partial charge in [0.1, 0.15) is 6.61 Å². The lowest BCUT2D eigenvalue weighted by molar-refractivity contribution is 0.0955. The van der Waals surface area contributed by atoms with Crippen molar-refractivity contribution in [2.75, 3.05) is 6.61 Å². The van der Waals surface area contributed by atoms with E-state index in [0.717, 1.165) is 19.2 Å². The Morgan fingerprint density at radius 2 is 1.94 bits per heavy atom. The summed E-state index contributed by atoms with van der Waals surface area (Å²) in [6.07, 6.45) is 1.57. The molecule has 3 rings (SSSR count). The van der Waals surface area contributed by atoms with E-state index in [2.05, 4.69) is 68.1 Å². The number of aryl methyl sites for hydroxylation is 1. The van der Waals surface area contributed by atoms with Crippen molar-refractivity contribution in [2.45, 2.75) is 20.5 Å². The summed E-state index contributed by atoms with van der Waals surface area (Å²) in [5.41, 5.74) is 6.14. The summed E-state index contributed by atoms with van der Waals surface area (Å²) in [5.74, 6) is 0.968. The topological polar surface area (TPSA) is 59.9 Å². The van der Waals surface area contributed by atoms with E-state index in [1.54, 1.807) is 18.3 Å². The number of carbonyl (C=O) groups excluding carboxylic acids is 1. The number of nitrogens with zero attached hydrogens (tertiary/aromatic N) is 1. The van der Waals surface area contributed by atoms with Gasteiger partial charge in [0.05, 0.1) is 17.3 Å². The minimum Gasteiger partial charge on any atom is -0.490 e. The Hall–Kier alpha value is -2.39. The third-order valence-electron chi connectivity index (χ3n) is 4.26. The molecule has 0 radical (unpaired) electrons. The lowest BCUT2D eigenvalue weighted by atomic mass is 10.1. The second kappa shape index (κ2) is 11.3. The van der Waals surface area contributed by atoms with E-state index in [1.807, 2.05) is 43.3 Å². The van der Waals surface area contributed by atoms with Crippen LogP contribution in [0.1, 0.15) is 34.0 Å². The van der Waals surface area contributed by atoms with Gasteiger partial charge in [-0.05, 0) is 93.8 Å². The Bertz CT molecular complexity index is 1100. The van der Waals surface area contributed by atoms with Gasteiger partial charge in [-0.15, -0.1) is 0 Å². The zero-order chi connectivity index (χ0) is 22.2. The lowest BCUT2D eigenvalue weighted by Gasteiger charge is -2.15. The van der Waals surface area contributed by atoms with Gasteiger partial charge in [0.25, 0.3) is 5.91 Å². The number of halogens is 2. The van der Waals surface area contributed by atoms with E-state index in [-0.39, 0.29) is 5.91 Å². The lowest BCUT2D eigenvalue weighted by Crippen LogP contribution is -2.17. The van der Waals surface area contributed by atoms with E-state index in [0.29, 0.717) is 30.3 Å². The monoisotopic (exact) mass is 592 g/mol. The first-order valence-electron chi connectivity index (χ1n) is 9.70. The molecule has 1 N–H and O–H groups in total. The zero-order valence-electron chi connectivity index (χ0n) is 17.2. The SMILES string of the molecule is CCOc1cc(/C=N\NC(=O)c2cccc(I)c2)cc(Br)c1OCc1cccc(C)c1. The molecule has 7 heteroatoms. The number of benzene rings is 3. The van der Waals surface area contributed by atoms with Crippen LogP contribution in [0, 0.1) is 10.5 Å². The molecule has 0 saturated carbocycles. The van der Waals surface area contributed by atoms with Crippen LogP contribution >= 0.6 is 38.5 Å². The fraction of sp³-hybridized carbons (Fsp3) is 0.167. The number of hydrogen-bond acceptors (Lipinski definition) is 4. The van der Waals surface area contributed by atoms with Gasteiger partial charge < -0.3 is 9.47 Å². The Labute approximate surface area is 204 Å². The molecule has 0 aliphatic heterocycles. The molecule has 5 nitrogen and oxygen atoms in total. The Morgan fingerprint density at radius 3 is 2.68 bits per heavy atom. The van der Waals surface area contributed by atoms with Crippen LogP contribution in [0.15, 0.2) is 70.2 Å². The van der Waals surface area contributed by atoms with Gasteiger partial charge in [-0.1, -0.05) is 35.9 Å². The average Bonchev–Trinajstić information content (AvgIpc) is 2.73. The molecule has 0 spiro atoms. The summed E-state index contributed by atoms with van der Waals surface area (Å²) in [4.78, 5) is 12.2. The van der Waals surface area contributed by atoms with Crippen LogP contribution in [0.5, 0.6) is 11.5 Å². The molecular formula is C24H22BrIN2O3. The van der Waals surface area contributed by atoms with Crippen molar-refractivity contribution in [3.8, 4) is 11.5 Å². The van der Waals surface area contributed by atoms with Crippen LogP contribution in [-0.4, -0.2) is 18.7 Å². The maximum atomic E-state index is 12.2. The predicted octanol–water partition coefficient (Wildman–Crippen LogP) is 6.10. The summed E-state index contributed by atoms with van der Waals surface area (Å²) in [5, 5.41) is 4.08. The van der Waals surface area contributed by atoms with E-state index < -0.39 is 0 Å². The van der Waals surface area contributed by atoms with Crippen molar-refractivity contribution in [1.82, 2.24) is 5.43 Å². The molecule has 3 aromatic carbocycles. The maximum Gasteiger partial charge on any atom is 0.271 e. The maximum absolute atomic E-state index is 12.2. The molecule has 0 heterocycles. The number of carbonyl (C=O) groups is 1. The molecule has 3 aromatic rings. The summed E-state index contributed by atoms with van der Waals surface area (Å²) in [6.45, 7) is 4.90. The van der Waals surface area contributed by atoms with E-state index in [1.165, 1.54) is 5.56 Å². The van der Waals surface area contributed by atoms with Crippen LogP contribution in [0.3, 0.4) is 0 Å². The van der Waals surface area contributed by atoms with Crippen molar-refractivity contribution in [3.63, 3.8) is 0 Å². The molecule has 0 fully saturated rings. The summed E-state index contributed by atoms with van der Waals surface area (Å²) < 4.78 is 13.6. The molecule has 31 heavy (non-hydrogen) atoms. The molecule has 0 aliphatic rings. The van der Waals surface area contributed by atoms with Crippen LogP contribution in [0.25, 0.3) is 0 Å². The Kier molecular flexibility index (Phi) is 8.48. The number of hydrazone groups is 1. The van der Waals surface area contributed by atoms with Crippen molar-refractivity contribution in [3.05, 3.63) is 91.0 Å². The fourth-order valence-electron chi connectivity index (χ4n) is 2.88. The van der Waals surface area contributed by atoms with Crippen LogP contribution in [0.4, 0.5) is 0 Å². The smallest absolute Gasteiger partial charge is 0.271 e. The van der Waals surface area contributed by atoms with Crippen LogP contribution in [-0.2, 0) is 6.61 Å². The second-order valence-electron chi connectivity index (χ2n) is 6.75. The minimum absolute atomic E-state index is 0.267. The van der Waals surface area contributed by atoms with Gasteiger partial charge in [0.15, 0.2) is 11.5 Å². The summed E-state index contributed by atoms with van der Waals surface area (Å²) in [7, 11) is 0. The van der Waals surface area contributed by atoms with Gasteiger partial charge in [0, 0.05) is 9.13 Å². The van der Waals surface area contributed by atoms with Gasteiger partial charge in [-0.3, -0.25) is 4.79 Å². The molecule has 0 atom stereocenters. The highest BCUT2D eigenvalue weighted by Gasteiger charge is 2.12. The van der Waals surface area contributed by atoms with Crippen molar-refractivity contribution < 1.29 is 14.3 Å². The molecule has 0 bridgehead atoms. The normalized spacial score (nSPS) is 10.8. The van der Waals surface area contributed by atoms with Gasteiger partial charge in [-0.2, -0.15) is 5.10 Å². The molecule has 0 aliphatic carbocycles. The first-order valence-corrected chi connectivity index (χ1v) is 11.6. The third-order valence-corrected chi connectivity index (χ3v) is 5.52. The standard InChI is InChI=1S/C24H22BrIN2O3/c1-3-30-22-12-18(14-27-28-24(29)19-8-5-9-20(26)13-19)11-21(25)23(22)31-15-17-7-4-6-16(2)10-17/h4-14H,3,15H2,1-2H3,(H,28,29)/b27-14-. The van der Waals surface area contributed by atoms with Crippen LogP contribution in [0.2, 0.25) is 0 Å². The van der Waals surface area contributed by atoms with Gasteiger partial charge in [0.2, 0.25) is 0 Å². The van der Waals surface area contributed by atoms with E-state index in [9.17, 15) is 4.79 Å². The average molecular weight is 593 g/mol. The number of hydrogen-bond donors (Lipinski definition) is 1. The highest BCUT2D eigenvalue weighted by Crippen LogP contribution is 2.37. The van der Waals surface area contributed by atoms with Gasteiger partial charge in [-0.25, -0.2) is 5.43 Å². The highest BCUT2D eigenvalue weighted by atomic mass is 127. The first-order chi connectivity index (χ1) is 15.0. The highest BCUT2D eigenvalue weighted by molar-refractivity contribution is 14.1. The molecule has 0 unspecified atom stereocenters. The van der Waals surface area contributed by atoms with Crippen LogP contribution < -0.4 is 14.9 Å². The molecule has 160 valence electrons. The van der Waals surface area contributed by atoms with E-state index >= 15 is 0 Å². The molecular weight excluding hydrogens is 571 g/mol. The number of nitrogens with one attached hydrogen (secondary N) is 1. The Morgan fingerprint density at radius 1 is 1.13 bits per heavy atom. The molecule has 1 amide bonds. The predicted molar refractivity (Wildman–Crippen MR) is 135 cm³/mol. The molecule has 0 aromatic heterocycles. The largest absolute Gasteiger partial charge is 0.490 e. The number of ether oxygens (including phenoxy) is 2. The Balaban J connectivity index is 1.72. The van der Waals surface area contributed by atoms with Crippen molar-refractivity contribution in [2.24, 2.45) is 5.10 Å². The minimum atomic E-state index is -0.267. The second-order valence-corrected chi connectivity index (χ2v) is 8.85. The molecule has 0 saturated heterocycles. The zero-order valence-corrected chi connectivity index (χ0v) is 20.9. The first kappa shape index (κ1) is 23.3. The fourth-order valence-corrected chi connectivity index (χ4v) is 4.00.